The van der Waals surface area contributed by atoms with Gasteiger partial charge < -0.3 is 5.11 Å². The summed E-state index contributed by atoms with van der Waals surface area (Å²) in [5, 5.41) is 9.60. The Hall–Kier alpha value is -0.570. The summed E-state index contributed by atoms with van der Waals surface area (Å²) in [5.74, 6) is 0.0149. The smallest absolute Gasteiger partial charge is 0.308 e. The second kappa shape index (κ2) is 10.2. The first-order chi connectivity index (χ1) is 10.1. The molecule has 124 valence electrons. The predicted octanol–water partition coefficient (Wildman–Crippen LogP) is 4.56. The summed E-state index contributed by atoms with van der Waals surface area (Å²) in [7, 11) is 0. The molecule has 0 heterocycles. The second-order valence-electron chi connectivity index (χ2n) is 6.72. The van der Waals surface area contributed by atoms with E-state index < -0.39 is 5.97 Å². The van der Waals surface area contributed by atoms with Crippen LogP contribution in [-0.4, -0.2) is 35.1 Å². The summed E-state index contributed by atoms with van der Waals surface area (Å²) in [6.07, 6.45) is 10.3. The molecule has 0 spiro atoms. The van der Waals surface area contributed by atoms with Gasteiger partial charge in [-0.1, -0.05) is 46.5 Å². The van der Waals surface area contributed by atoms with E-state index in [1.807, 2.05) is 0 Å². The fourth-order valence-corrected chi connectivity index (χ4v) is 3.76. The minimum atomic E-state index is -0.576. The summed E-state index contributed by atoms with van der Waals surface area (Å²) in [6, 6.07) is 0.269. The van der Waals surface area contributed by atoms with Crippen LogP contribution >= 0.6 is 0 Å². The Morgan fingerprint density at radius 1 is 1.05 bits per heavy atom. The zero-order valence-electron chi connectivity index (χ0n) is 14.3. The van der Waals surface area contributed by atoms with Crippen LogP contribution < -0.4 is 0 Å². The van der Waals surface area contributed by atoms with Crippen LogP contribution in [0.4, 0.5) is 0 Å². The lowest BCUT2D eigenvalue weighted by molar-refractivity contribution is -0.146. The van der Waals surface area contributed by atoms with Crippen LogP contribution in [0.25, 0.3) is 0 Å². The number of hydrogen-bond donors (Lipinski definition) is 1. The van der Waals surface area contributed by atoms with Crippen molar-refractivity contribution < 1.29 is 9.90 Å². The second-order valence-corrected chi connectivity index (χ2v) is 6.72. The molecule has 3 nitrogen and oxygen atoms in total. The molecule has 0 aromatic carbocycles. The summed E-state index contributed by atoms with van der Waals surface area (Å²) in [5.41, 5.74) is 0. The molecule has 1 rings (SSSR count). The number of nitrogens with zero attached hydrogens (tertiary/aromatic N) is 1. The maximum Gasteiger partial charge on any atom is 0.308 e. The van der Waals surface area contributed by atoms with Crippen molar-refractivity contribution in [2.45, 2.75) is 84.6 Å². The number of aliphatic carboxylic acids is 1. The Labute approximate surface area is 131 Å². The first-order valence-corrected chi connectivity index (χ1v) is 9.10. The highest BCUT2D eigenvalue weighted by Crippen LogP contribution is 2.35. The van der Waals surface area contributed by atoms with E-state index in [0.29, 0.717) is 0 Å². The van der Waals surface area contributed by atoms with Gasteiger partial charge >= 0.3 is 5.97 Å². The fourth-order valence-electron chi connectivity index (χ4n) is 3.76. The highest BCUT2D eigenvalue weighted by atomic mass is 16.4. The van der Waals surface area contributed by atoms with Crippen molar-refractivity contribution in [3.8, 4) is 0 Å². The van der Waals surface area contributed by atoms with Crippen LogP contribution in [-0.2, 0) is 4.79 Å². The quantitative estimate of drug-likeness (QED) is 0.642. The molecule has 3 atom stereocenters. The van der Waals surface area contributed by atoms with Gasteiger partial charge in [0, 0.05) is 6.04 Å². The van der Waals surface area contributed by atoms with Gasteiger partial charge in [0.1, 0.15) is 0 Å². The number of carboxylic acid groups (broad SMARTS) is 1. The monoisotopic (exact) mass is 297 g/mol. The predicted molar refractivity (Wildman–Crippen MR) is 88.6 cm³/mol. The summed E-state index contributed by atoms with van der Waals surface area (Å²) < 4.78 is 0. The Morgan fingerprint density at radius 3 is 2.14 bits per heavy atom. The average molecular weight is 297 g/mol. The van der Waals surface area contributed by atoms with E-state index in [9.17, 15) is 9.90 Å². The van der Waals surface area contributed by atoms with Gasteiger partial charge in [-0.3, -0.25) is 9.69 Å². The number of carbonyl (C=O) groups is 1. The number of unbranched alkanes of at least 4 members (excludes halogenated alkanes) is 2. The highest BCUT2D eigenvalue weighted by Gasteiger charge is 2.37. The largest absolute Gasteiger partial charge is 0.481 e. The van der Waals surface area contributed by atoms with Gasteiger partial charge in [-0.25, -0.2) is 0 Å². The van der Waals surface area contributed by atoms with Crippen LogP contribution in [0.1, 0.15) is 78.6 Å². The van der Waals surface area contributed by atoms with Crippen molar-refractivity contribution in [3.63, 3.8) is 0 Å². The summed E-state index contributed by atoms with van der Waals surface area (Å²) in [6.45, 7) is 8.82. The molecule has 1 saturated carbocycles. The van der Waals surface area contributed by atoms with Crippen molar-refractivity contribution >= 4 is 5.97 Å². The molecule has 3 unspecified atom stereocenters. The van der Waals surface area contributed by atoms with Gasteiger partial charge in [-0.2, -0.15) is 0 Å². The van der Waals surface area contributed by atoms with Gasteiger partial charge in [-0.15, -0.1) is 0 Å². The maximum atomic E-state index is 11.7. The number of hydrogen-bond acceptors (Lipinski definition) is 2. The molecule has 0 aromatic heterocycles. The highest BCUT2D eigenvalue weighted by molar-refractivity contribution is 5.71. The maximum absolute atomic E-state index is 11.7. The van der Waals surface area contributed by atoms with Crippen molar-refractivity contribution in [1.82, 2.24) is 4.90 Å². The minimum Gasteiger partial charge on any atom is -0.481 e. The number of carboxylic acids is 1. The molecule has 21 heavy (non-hydrogen) atoms. The first-order valence-electron chi connectivity index (χ1n) is 9.10. The molecule has 3 heteroatoms. The van der Waals surface area contributed by atoms with E-state index in [1.165, 1.54) is 38.5 Å². The third-order valence-corrected chi connectivity index (χ3v) is 5.01. The van der Waals surface area contributed by atoms with Gasteiger partial charge in [0.25, 0.3) is 0 Å². The molecule has 1 aliphatic carbocycles. The zero-order valence-corrected chi connectivity index (χ0v) is 14.3. The molecular formula is C18H35NO2. The minimum absolute atomic E-state index is 0.146. The van der Waals surface area contributed by atoms with E-state index in [0.717, 1.165) is 38.3 Å². The zero-order chi connectivity index (χ0) is 15.7. The molecule has 0 bridgehead atoms. The van der Waals surface area contributed by atoms with Gasteiger partial charge in [0.2, 0.25) is 0 Å². The summed E-state index contributed by atoms with van der Waals surface area (Å²) >= 11 is 0. The van der Waals surface area contributed by atoms with E-state index in [1.54, 1.807) is 0 Å². The lowest BCUT2D eigenvalue weighted by Crippen LogP contribution is -2.48. The Morgan fingerprint density at radius 2 is 1.67 bits per heavy atom. The molecular weight excluding hydrogens is 262 g/mol. The van der Waals surface area contributed by atoms with Crippen LogP contribution in [0.5, 0.6) is 0 Å². The van der Waals surface area contributed by atoms with Crippen LogP contribution in [0.15, 0.2) is 0 Å². The lowest BCUT2D eigenvalue weighted by Gasteiger charge is -2.41. The SMILES string of the molecule is CCCCN(CCCC)C1CC(CCC)CCC1C(=O)O. The molecule has 0 saturated heterocycles. The molecule has 1 fully saturated rings. The standard InChI is InChI=1S/C18H35NO2/c1-4-7-12-19(13-8-5-2)17-14-15(9-6-3)10-11-16(17)18(20)21/h15-17H,4-14H2,1-3H3,(H,20,21). The van der Waals surface area contributed by atoms with Crippen molar-refractivity contribution in [3.05, 3.63) is 0 Å². The molecule has 0 amide bonds. The van der Waals surface area contributed by atoms with Crippen LogP contribution in [0, 0.1) is 11.8 Å². The van der Waals surface area contributed by atoms with Crippen molar-refractivity contribution in [2.24, 2.45) is 11.8 Å². The fraction of sp³-hybridized carbons (Fsp3) is 0.944. The van der Waals surface area contributed by atoms with Crippen molar-refractivity contribution in [1.29, 1.82) is 0 Å². The van der Waals surface area contributed by atoms with Crippen molar-refractivity contribution in [2.75, 3.05) is 13.1 Å². The van der Waals surface area contributed by atoms with E-state index >= 15 is 0 Å². The topological polar surface area (TPSA) is 40.5 Å². The van der Waals surface area contributed by atoms with E-state index in [2.05, 4.69) is 25.7 Å². The molecule has 0 aliphatic heterocycles. The van der Waals surface area contributed by atoms with Crippen LogP contribution in [0.3, 0.4) is 0 Å². The first kappa shape index (κ1) is 18.5. The Kier molecular flexibility index (Phi) is 8.98. The van der Waals surface area contributed by atoms with E-state index in [4.69, 9.17) is 0 Å². The third-order valence-electron chi connectivity index (χ3n) is 5.01. The molecule has 1 aliphatic rings. The van der Waals surface area contributed by atoms with Gasteiger partial charge in [0.15, 0.2) is 0 Å². The lowest BCUT2D eigenvalue weighted by atomic mass is 9.75. The average Bonchev–Trinajstić information content (AvgIpc) is 2.47. The number of rotatable bonds is 10. The van der Waals surface area contributed by atoms with Crippen LogP contribution in [0.2, 0.25) is 0 Å². The van der Waals surface area contributed by atoms with Gasteiger partial charge in [-0.05, 0) is 51.1 Å². The Balaban J connectivity index is 2.76. The summed E-state index contributed by atoms with van der Waals surface area (Å²) in [4.78, 5) is 14.2. The van der Waals surface area contributed by atoms with E-state index in [-0.39, 0.29) is 12.0 Å². The van der Waals surface area contributed by atoms with Gasteiger partial charge in [0.05, 0.1) is 5.92 Å². The normalized spacial score (nSPS) is 26.2. The Bertz CT molecular complexity index is 285. The molecule has 1 N–H and O–H groups in total. The molecule has 0 radical (unpaired) electrons. The third kappa shape index (κ3) is 5.98. The molecule has 0 aromatic rings.